The summed E-state index contributed by atoms with van der Waals surface area (Å²) in [6.07, 6.45) is 8.90. The van der Waals surface area contributed by atoms with E-state index in [1.807, 2.05) is 36.5 Å². The van der Waals surface area contributed by atoms with Gasteiger partial charge in [-0.2, -0.15) is 0 Å². The van der Waals surface area contributed by atoms with Crippen LogP contribution in [0.15, 0.2) is 54.7 Å². The molecule has 1 aromatic heterocycles. The quantitative estimate of drug-likeness (QED) is 0.629. The molecule has 2 aromatic carbocycles. The molecule has 0 radical (unpaired) electrons. The van der Waals surface area contributed by atoms with Gasteiger partial charge >= 0.3 is 0 Å². The summed E-state index contributed by atoms with van der Waals surface area (Å²) in [7, 11) is 2.21. The topological polar surface area (TPSA) is 48.1 Å². The molecule has 1 aliphatic rings. The first-order valence-corrected chi connectivity index (χ1v) is 10.3. The van der Waals surface area contributed by atoms with Crippen molar-refractivity contribution in [3.63, 3.8) is 0 Å². The van der Waals surface area contributed by atoms with E-state index in [0.29, 0.717) is 12.5 Å². The molecule has 1 aliphatic carbocycles. The van der Waals surface area contributed by atoms with Gasteiger partial charge in [0, 0.05) is 35.4 Å². The van der Waals surface area contributed by atoms with Gasteiger partial charge in [0.05, 0.1) is 6.42 Å². The first-order valence-electron chi connectivity index (χ1n) is 10.3. The van der Waals surface area contributed by atoms with Crippen LogP contribution in [0.5, 0.6) is 0 Å². The lowest BCUT2D eigenvalue weighted by atomic mass is 9.94. The molecule has 0 aliphatic heterocycles. The predicted octanol–water partition coefficient (Wildman–Crippen LogP) is 5.11. The molecule has 28 heavy (non-hydrogen) atoms. The van der Waals surface area contributed by atoms with Crippen molar-refractivity contribution in [2.45, 2.75) is 51.1 Å². The number of amides is 1. The number of aromatic amines is 1. The van der Waals surface area contributed by atoms with Gasteiger partial charge in [-0.05, 0) is 43.1 Å². The third-order valence-electron chi connectivity index (χ3n) is 5.94. The van der Waals surface area contributed by atoms with E-state index in [1.54, 1.807) is 0 Å². The standard InChI is InChI=1S/C24H29N3O/c1-27(20-10-3-2-4-11-20)17-18-9-5-7-13-22(18)26-24(28)15-19-16-25-23-14-8-6-12-21(19)23/h5-9,12-14,16,20,25H,2-4,10-11,15,17H2,1H3,(H,26,28). The van der Waals surface area contributed by atoms with Crippen LogP contribution >= 0.6 is 0 Å². The van der Waals surface area contributed by atoms with Crippen molar-refractivity contribution < 1.29 is 4.79 Å². The zero-order valence-corrected chi connectivity index (χ0v) is 16.6. The zero-order valence-electron chi connectivity index (χ0n) is 16.6. The van der Waals surface area contributed by atoms with Gasteiger partial charge in [0.25, 0.3) is 0 Å². The summed E-state index contributed by atoms with van der Waals surface area (Å²) in [6.45, 7) is 0.869. The first kappa shape index (κ1) is 18.8. The van der Waals surface area contributed by atoms with Crippen molar-refractivity contribution in [1.29, 1.82) is 0 Å². The Hall–Kier alpha value is -2.59. The van der Waals surface area contributed by atoms with Crippen molar-refractivity contribution in [1.82, 2.24) is 9.88 Å². The van der Waals surface area contributed by atoms with Gasteiger partial charge in [0.15, 0.2) is 0 Å². The average Bonchev–Trinajstić information content (AvgIpc) is 3.13. The molecule has 0 atom stereocenters. The number of hydrogen-bond acceptors (Lipinski definition) is 2. The second-order valence-electron chi connectivity index (χ2n) is 7.95. The maximum absolute atomic E-state index is 12.7. The molecular weight excluding hydrogens is 346 g/mol. The molecule has 1 amide bonds. The Morgan fingerprint density at radius 2 is 1.79 bits per heavy atom. The highest BCUT2D eigenvalue weighted by atomic mass is 16.1. The van der Waals surface area contributed by atoms with E-state index in [2.05, 4.69) is 40.4 Å². The molecule has 1 saturated carbocycles. The van der Waals surface area contributed by atoms with E-state index in [0.717, 1.165) is 28.7 Å². The minimum atomic E-state index is 0.0255. The minimum Gasteiger partial charge on any atom is -0.361 e. The number of anilines is 1. The number of hydrogen-bond donors (Lipinski definition) is 2. The van der Waals surface area contributed by atoms with Gasteiger partial charge in [0.2, 0.25) is 5.91 Å². The Balaban J connectivity index is 1.43. The summed E-state index contributed by atoms with van der Waals surface area (Å²) >= 11 is 0. The third kappa shape index (κ3) is 4.28. The second kappa shape index (κ2) is 8.61. The fourth-order valence-corrected chi connectivity index (χ4v) is 4.34. The number of H-pyrrole nitrogens is 1. The molecule has 0 saturated heterocycles. The predicted molar refractivity (Wildman–Crippen MR) is 115 cm³/mol. The number of para-hydroxylation sites is 2. The van der Waals surface area contributed by atoms with Crippen LogP contribution in [0, 0.1) is 0 Å². The van der Waals surface area contributed by atoms with Crippen LogP contribution in [0.25, 0.3) is 10.9 Å². The van der Waals surface area contributed by atoms with Gasteiger partial charge < -0.3 is 10.3 Å². The van der Waals surface area contributed by atoms with Crippen LogP contribution < -0.4 is 5.32 Å². The van der Waals surface area contributed by atoms with Gasteiger partial charge in [-0.3, -0.25) is 9.69 Å². The molecular formula is C24H29N3O. The van der Waals surface area contributed by atoms with E-state index in [-0.39, 0.29) is 5.91 Å². The summed E-state index contributed by atoms with van der Waals surface area (Å²) in [4.78, 5) is 18.4. The fraction of sp³-hybridized carbons (Fsp3) is 0.375. The van der Waals surface area contributed by atoms with E-state index in [4.69, 9.17) is 0 Å². The first-order chi connectivity index (χ1) is 13.7. The zero-order chi connectivity index (χ0) is 19.3. The van der Waals surface area contributed by atoms with E-state index >= 15 is 0 Å². The number of benzene rings is 2. The molecule has 4 rings (SSSR count). The number of carbonyl (C=O) groups is 1. The SMILES string of the molecule is CN(Cc1ccccc1NC(=O)Cc1c[nH]c2ccccc12)C1CCCCC1. The lowest BCUT2D eigenvalue weighted by Crippen LogP contribution is -2.33. The van der Waals surface area contributed by atoms with Gasteiger partial charge in [-0.1, -0.05) is 55.7 Å². The maximum Gasteiger partial charge on any atom is 0.228 e. The maximum atomic E-state index is 12.7. The van der Waals surface area contributed by atoms with Crippen LogP contribution in [0.1, 0.15) is 43.2 Å². The van der Waals surface area contributed by atoms with Crippen molar-refractivity contribution in [2.75, 3.05) is 12.4 Å². The molecule has 4 nitrogen and oxygen atoms in total. The molecule has 2 N–H and O–H groups in total. The largest absolute Gasteiger partial charge is 0.361 e. The second-order valence-corrected chi connectivity index (χ2v) is 7.95. The Morgan fingerprint density at radius 3 is 2.64 bits per heavy atom. The summed E-state index contributed by atoms with van der Waals surface area (Å²) in [5.41, 5.74) is 4.21. The highest BCUT2D eigenvalue weighted by molar-refractivity contribution is 5.96. The lowest BCUT2D eigenvalue weighted by Gasteiger charge is -2.31. The van der Waals surface area contributed by atoms with Gasteiger partial charge in [0.1, 0.15) is 0 Å². The molecule has 1 fully saturated rings. The van der Waals surface area contributed by atoms with E-state index in [9.17, 15) is 4.79 Å². The number of carbonyl (C=O) groups excluding carboxylic acids is 1. The molecule has 4 heteroatoms. The number of aromatic nitrogens is 1. The average molecular weight is 376 g/mol. The molecule has 3 aromatic rings. The smallest absolute Gasteiger partial charge is 0.228 e. The molecule has 146 valence electrons. The van der Waals surface area contributed by atoms with Crippen molar-refractivity contribution >= 4 is 22.5 Å². The lowest BCUT2D eigenvalue weighted by molar-refractivity contribution is -0.115. The van der Waals surface area contributed by atoms with Crippen LogP contribution in [-0.4, -0.2) is 28.9 Å². The molecule has 0 spiro atoms. The fourth-order valence-electron chi connectivity index (χ4n) is 4.34. The van der Waals surface area contributed by atoms with Crippen LogP contribution in [-0.2, 0) is 17.8 Å². The summed E-state index contributed by atoms with van der Waals surface area (Å²) in [5, 5.41) is 4.26. The summed E-state index contributed by atoms with van der Waals surface area (Å²) < 4.78 is 0. The Bertz CT molecular complexity index is 940. The molecule has 0 bridgehead atoms. The number of fused-ring (bicyclic) bond motifs is 1. The van der Waals surface area contributed by atoms with Crippen molar-refractivity contribution in [3.05, 3.63) is 65.9 Å². The van der Waals surface area contributed by atoms with Crippen molar-refractivity contribution in [2.24, 2.45) is 0 Å². The van der Waals surface area contributed by atoms with Gasteiger partial charge in [-0.15, -0.1) is 0 Å². The number of nitrogens with zero attached hydrogens (tertiary/aromatic N) is 1. The molecule has 0 unspecified atom stereocenters. The number of rotatable bonds is 6. The Labute approximate surface area is 166 Å². The van der Waals surface area contributed by atoms with Gasteiger partial charge in [-0.25, -0.2) is 0 Å². The third-order valence-corrected chi connectivity index (χ3v) is 5.94. The molecule has 1 heterocycles. The minimum absolute atomic E-state index is 0.0255. The normalized spacial score (nSPS) is 15.2. The summed E-state index contributed by atoms with van der Waals surface area (Å²) in [6, 6.07) is 16.9. The Morgan fingerprint density at radius 1 is 1.04 bits per heavy atom. The van der Waals surface area contributed by atoms with Crippen LogP contribution in [0.2, 0.25) is 0 Å². The summed E-state index contributed by atoms with van der Waals surface area (Å²) in [5.74, 6) is 0.0255. The van der Waals surface area contributed by atoms with Crippen LogP contribution in [0.4, 0.5) is 5.69 Å². The highest BCUT2D eigenvalue weighted by Crippen LogP contribution is 2.25. The van der Waals surface area contributed by atoms with Crippen molar-refractivity contribution in [3.8, 4) is 0 Å². The monoisotopic (exact) mass is 375 g/mol. The highest BCUT2D eigenvalue weighted by Gasteiger charge is 2.19. The van der Waals surface area contributed by atoms with E-state index < -0.39 is 0 Å². The van der Waals surface area contributed by atoms with E-state index in [1.165, 1.54) is 37.7 Å². The Kier molecular flexibility index (Phi) is 5.77. The van der Waals surface area contributed by atoms with Crippen LogP contribution in [0.3, 0.4) is 0 Å². The number of nitrogens with one attached hydrogen (secondary N) is 2.